The first-order valence-corrected chi connectivity index (χ1v) is 11.3. The number of aromatic nitrogens is 1. The van der Waals surface area contributed by atoms with Crippen molar-refractivity contribution in [2.75, 3.05) is 58.3 Å². The van der Waals surface area contributed by atoms with Crippen molar-refractivity contribution in [2.24, 2.45) is 4.99 Å². The number of rotatable bonds is 5. The Hall–Kier alpha value is -2.07. The van der Waals surface area contributed by atoms with E-state index in [-0.39, 0.29) is 30.1 Å². The minimum absolute atomic E-state index is 0. The molecule has 1 aromatic heterocycles. The van der Waals surface area contributed by atoms with Crippen LogP contribution in [0.4, 0.5) is 5.82 Å². The zero-order valence-corrected chi connectivity index (χ0v) is 21.4. The molecule has 0 radical (unpaired) electrons. The number of likely N-dealkylation sites (tertiary alicyclic amines) is 1. The fourth-order valence-corrected chi connectivity index (χ4v) is 4.13. The second kappa shape index (κ2) is 12.2. The molecule has 174 valence electrons. The Morgan fingerprint density at radius 3 is 2.38 bits per heavy atom. The molecular formula is C24H35IN6O. The van der Waals surface area contributed by atoms with Crippen LogP contribution in [-0.2, 0) is 6.54 Å². The number of aliphatic imine (C=N–C) groups is 1. The molecule has 0 amide bonds. The molecule has 1 aromatic carbocycles. The van der Waals surface area contributed by atoms with Crippen molar-refractivity contribution in [3.05, 3.63) is 54.2 Å². The molecule has 2 saturated heterocycles. The van der Waals surface area contributed by atoms with E-state index in [4.69, 9.17) is 9.72 Å². The minimum atomic E-state index is 0. The zero-order valence-electron chi connectivity index (χ0n) is 19.1. The molecule has 0 unspecified atom stereocenters. The number of guanidine groups is 1. The third kappa shape index (κ3) is 6.71. The van der Waals surface area contributed by atoms with Gasteiger partial charge in [0.2, 0.25) is 0 Å². The summed E-state index contributed by atoms with van der Waals surface area (Å²) in [5, 5.41) is 3.50. The van der Waals surface area contributed by atoms with Crippen molar-refractivity contribution < 1.29 is 4.74 Å². The number of hydrogen-bond donors (Lipinski definition) is 1. The first-order valence-electron chi connectivity index (χ1n) is 11.3. The number of ether oxygens (including phenoxy) is 1. The van der Waals surface area contributed by atoms with Gasteiger partial charge in [0.1, 0.15) is 17.7 Å². The Balaban J connectivity index is 0.00000289. The number of para-hydroxylation sites is 1. The van der Waals surface area contributed by atoms with E-state index in [0.29, 0.717) is 0 Å². The van der Waals surface area contributed by atoms with Crippen LogP contribution in [0.1, 0.15) is 18.4 Å². The van der Waals surface area contributed by atoms with Crippen LogP contribution in [0.15, 0.2) is 53.7 Å². The average Bonchev–Trinajstić information content (AvgIpc) is 2.82. The lowest BCUT2D eigenvalue weighted by Crippen LogP contribution is -2.47. The molecule has 0 atom stereocenters. The highest BCUT2D eigenvalue weighted by Crippen LogP contribution is 2.19. The van der Waals surface area contributed by atoms with Crippen LogP contribution in [0, 0.1) is 0 Å². The van der Waals surface area contributed by atoms with Gasteiger partial charge in [-0.3, -0.25) is 4.99 Å². The van der Waals surface area contributed by atoms with Crippen LogP contribution in [0.2, 0.25) is 0 Å². The maximum atomic E-state index is 6.11. The van der Waals surface area contributed by atoms with Crippen molar-refractivity contribution in [3.8, 4) is 5.75 Å². The summed E-state index contributed by atoms with van der Waals surface area (Å²) in [6.45, 7) is 6.87. The summed E-state index contributed by atoms with van der Waals surface area (Å²) >= 11 is 0. The highest BCUT2D eigenvalue weighted by atomic mass is 127. The molecule has 7 nitrogen and oxygen atoms in total. The van der Waals surface area contributed by atoms with Crippen molar-refractivity contribution in [1.82, 2.24) is 20.1 Å². The summed E-state index contributed by atoms with van der Waals surface area (Å²) in [6, 6.07) is 14.4. The number of likely N-dealkylation sites (N-methyl/N-ethyl adjacent to an activating group) is 1. The molecule has 2 fully saturated rings. The number of piperidine rings is 1. The van der Waals surface area contributed by atoms with Gasteiger partial charge in [-0.05, 0) is 30.8 Å². The highest BCUT2D eigenvalue weighted by Gasteiger charge is 2.22. The quantitative estimate of drug-likeness (QED) is 0.351. The monoisotopic (exact) mass is 550 g/mol. The topological polar surface area (TPSA) is 56.2 Å². The van der Waals surface area contributed by atoms with Crippen molar-refractivity contribution in [2.45, 2.75) is 25.5 Å². The van der Waals surface area contributed by atoms with Gasteiger partial charge < -0.3 is 24.8 Å². The number of hydrogen-bond acceptors (Lipinski definition) is 5. The third-order valence-electron chi connectivity index (χ3n) is 6.09. The molecule has 0 bridgehead atoms. The van der Waals surface area contributed by atoms with Gasteiger partial charge in [0.05, 0.1) is 0 Å². The lowest BCUT2D eigenvalue weighted by Gasteiger charge is -2.34. The standard InChI is InChI=1S/C24H34N6O.HI/c1-25-24(30-12-10-22(11-13-30)31-21-6-4-3-5-7-21)27-19-20-8-9-23(26-18-20)29-16-14-28(2)15-17-29;/h3-9,18,22H,10-17,19H2,1-2H3,(H,25,27);1H. The van der Waals surface area contributed by atoms with E-state index in [1.165, 1.54) is 5.56 Å². The fraction of sp³-hybridized carbons (Fsp3) is 0.500. The molecule has 0 saturated carbocycles. The van der Waals surface area contributed by atoms with Gasteiger partial charge in [-0.15, -0.1) is 24.0 Å². The van der Waals surface area contributed by atoms with Gasteiger partial charge in [0.25, 0.3) is 0 Å². The van der Waals surface area contributed by atoms with Gasteiger partial charge >= 0.3 is 0 Å². The van der Waals surface area contributed by atoms with Crippen LogP contribution in [-0.4, -0.2) is 80.2 Å². The van der Waals surface area contributed by atoms with Gasteiger partial charge in [0.15, 0.2) is 5.96 Å². The predicted octanol–water partition coefficient (Wildman–Crippen LogP) is 3.07. The summed E-state index contributed by atoms with van der Waals surface area (Å²) in [5.41, 5.74) is 1.17. The van der Waals surface area contributed by atoms with Crippen LogP contribution >= 0.6 is 24.0 Å². The molecule has 0 aliphatic carbocycles. The van der Waals surface area contributed by atoms with Gasteiger partial charge in [-0.25, -0.2) is 4.98 Å². The SMILES string of the molecule is CN=C(NCc1ccc(N2CCN(C)CC2)nc1)N1CCC(Oc2ccccc2)CC1.I. The Morgan fingerprint density at radius 1 is 1.03 bits per heavy atom. The number of anilines is 1. The Kier molecular flexibility index (Phi) is 9.40. The zero-order chi connectivity index (χ0) is 21.5. The first kappa shape index (κ1) is 24.6. The molecule has 2 aromatic rings. The van der Waals surface area contributed by atoms with Crippen LogP contribution in [0.5, 0.6) is 5.75 Å². The fourth-order valence-electron chi connectivity index (χ4n) is 4.13. The van der Waals surface area contributed by atoms with Crippen molar-refractivity contribution in [3.63, 3.8) is 0 Å². The second-order valence-corrected chi connectivity index (χ2v) is 8.33. The molecular weight excluding hydrogens is 515 g/mol. The highest BCUT2D eigenvalue weighted by molar-refractivity contribution is 14.0. The molecule has 1 N–H and O–H groups in total. The third-order valence-corrected chi connectivity index (χ3v) is 6.09. The molecule has 3 heterocycles. The van der Waals surface area contributed by atoms with E-state index in [0.717, 1.165) is 76.2 Å². The van der Waals surface area contributed by atoms with E-state index < -0.39 is 0 Å². The van der Waals surface area contributed by atoms with E-state index >= 15 is 0 Å². The summed E-state index contributed by atoms with van der Waals surface area (Å²) < 4.78 is 6.11. The molecule has 4 rings (SSSR count). The Labute approximate surface area is 208 Å². The Morgan fingerprint density at radius 2 is 1.75 bits per heavy atom. The van der Waals surface area contributed by atoms with Crippen LogP contribution < -0.4 is 15.0 Å². The lowest BCUT2D eigenvalue weighted by molar-refractivity contribution is 0.129. The molecule has 32 heavy (non-hydrogen) atoms. The maximum Gasteiger partial charge on any atom is 0.193 e. The number of halogens is 1. The maximum absolute atomic E-state index is 6.11. The minimum Gasteiger partial charge on any atom is -0.490 e. The number of benzene rings is 1. The summed E-state index contributed by atoms with van der Waals surface area (Å²) in [6.07, 6.45) is 4.24. The lowest BCUT2D eigenvalue weighted by atomic mass is 10.1. The number of nitrogens with zero attached hydrogens (tertiary/aromatic N) is 5. The number of pyridine rings is 1. The van der Waals surface area contributed by atoms with Gasteiger partial charge in [0, 0.05) is 71.9 Å². The first-order chi connectivity index (χ1) is 15.2. The van der Waals surface area contributed by atoms with Gasteiger partial charge in [-0.2, -0.15) is 0 Å². The summed E-state index contributed by atoms with van der Waals surface area (Å²) in [7, 11) is 4.02. The van der Waals surface area contributed by atoms with E-state index in [2.05, 4.69) is 44.2 Å². The van der Waals surface area contributed by atoms with Crippen LogP contribution in [0.3, 0.4) is 0 Å². The molecule has 0 spiro atoms. The summed E-state index contributed by atoms with van der Waals surface area (Å²) in [5.74, 6) is 2.97. The largest absolute Gasteiger partial charge is 0.490 e. The van der Waals surface area contributed by atoms with Crippen molar-refractivity contribution >= 4 is 35.8 Å². The smallest absolute Gasteiger partial charge is 0.193 e. The van der Waals surface area contributed by atoms with Crippen molar-refractivity contribution in [1.29, 1.82) is 0 Å². The average molecular weight is 550 g/mol. The molecule has 2 aliphatic heterocycles. The van der Waals surface area contributed by atoms with E-state index in [1.807, 2.05) is 43.6 Å². The second-order valence-electron chi connectivity index (χ2n) is 8.33. The molecule has 8 heteroatoms. The molecule has 2 aliphatic rings. The summed E-state index contributed by atoms with van der Waals surface area (Å²) in [4.78, 5) is 16.2. The predicted molar refractivity (Wildman–Crippen MR) is 141 cm³/mol. The van der Waals surface area contributed by atoms with Crippen LogP contribution in [0.25, 0.3) is 0 Å². The van der Waals surface area contributed by atoms with E-state index in [9.17, 15) is 0 Å². The normalized spacial score (nSPS) is 18.2. The van der Waals surface area contributed by atoms with Gasteiger partial charge in [-0.1, -0.05) is 24.3 Å². The number of nitrogens with one attached hydrogen (secondary N) is 1. The Bertz CT molecular complexity index is 831. The number of piperazine rings is 1. The van der Waals surface area contributed by atoms with E-state index in [1.54, 1.807) is 0 Å².